The molecule has 0 unspecified atom stereocenters. The van der Waals surface area contributed by atoms with Gasteiger partial charge in [0.1, 0.15) is 0 Å². The summed E-state index contributed by atoms with van der Waals surface area (Å²) in [6.07, 6.45) is 0. The quantitative estimate of drug-likeness (QED) is 0.491. The van der Waals surface area contributed by atoms with Gasteiger partial charge in [-0.3, -0.25) is 0 Å². The van der Waals surface area contributed by atoms with Gasteiger partial charge in [0.05, 0.1) is 0 Å². The standard InChI is InChI=1S/2Al.3Cu. The first-order valence-electron chi connectivity index (χ1n) is 0. The molecule has 0 aliphatic rings. The van der Waals surface area contributed by atoms with E-state index in [1.807, 2.05) is 0 Å². The van der Waals surface area contributed by atoms with E-state index >= 15 is 0 Å². The van der Waals surface area contributed by atoms with E-state index in [0.29, 0.717) is 0 Å². The first-order valence-corrected chi connectivity index (χ1v) is 0. The summed E-state index contributed by atoms with van der Waals surface area (Å²) in [6.45, 7) is 0. The van der Waals surface area contributed by atoms with Crippen LogP contribution in [0, 0.1) is 0 Å². The maximum Gasteiger partial charge on any atom is 0 e. The molecular weight excluding hydrogens is 245 g/mol. The molecule has 5 heteroatoms. The monoisotopic (exact) mass is 243 g/mol. The minimum absolute atomic E-state index is 0. The van der Waals surface area contributed by atoms with Crippen molar-refractivity contribution in [1.29, 1.82) is 0 Å². The molecule has 0 aromatic rings. The topological polar surface area (TPSA) is 0 Å². The van der Waals surface area contributed by atoms with Crippen LogP contribution in [0.4, 0.5) is 0 Å². The number of hydrogen-bond donors (Lipinski definition) is 0. The third-order valence-corrected chi connectivity index (χ3v) is 0. The van der Waals surface area contributed by atoms with E-state index < -0.39 is 0 Å². The molecule has 0 N–H and O–H groups in total. The fourth-order valence-electron chi connectivity index (χ4n) is 0. The molecule has 0 bridgehead atoms. The predicted octanol–water partition coefficient (Wildman–Crippen LogP) is -0.769. The summed E-state index contributed by atoms with van der Waals surface area (Å²) < 4.78 is 0. The van der Waals surface area contributed by atoms with Crippen molar-refractivity contribution in [1.82, 2.24) is 0 Å². The summed E-state index contributed by atoms with van der Waals surface area (Å²) >= 11 is 0. The van der Waals surface area contributed by atoms with E-state index in [2.05, 4.69) is 0 Å². The second-order valence-electron chi connectivity index (χ2n) is 0. The van der Waals surface area contributed by atoms with Crippen molar-refractivity contribution < 1.29 is 51.2 Å². The molecule has 0 rings (SSSR count). The van der Waals surface area contributed by atoms with Gasteiger partial charge in [-0.05, 0) is 0 Å². The Morgan fingerprint density at radius 3 is 0.400 bits per heavy atom. The summed E-state index contributed by atoms with van der Waals surface area (Å²) in [6, 6.07) is 0. The molecule has 0 saturated heterocycles. The van der Waals surface area contributed by atoms with Crippen LogP contribution in [-0.2, 0) is 51.2 Å². The molecule has 39 valence electrons. The van der Waals surface area contributed by atoms with Gasteiger partial charge < -0.3 is 0 Å². The average Bonchev–Trinajstić information content (AvgIpc) is 0. The van der Waals surface area contributed by atoms with Gasteiger partial charge in [-0.25, -0.2) is 0 Å². The normalized spacial score (nSPS) is 0. The Kier molecular flexibility index (Phi) is 296. The zero-order valence-electron chi connectivity index (χ0n) is 2.06. The predicted molar refractivity (Wildman–Crippen MR) is 11.5 cm³/mol. The van der Waals surface area contributed by atoms with E-state index in [0.717, 1.165) is 0 Å². The molecule has 0 aromatic carbocycles. The zero-order valence-corrected chi connectivity index (χ0v) is 7.19. The third-order valence-electron chi connectivity index (χ3n) is 0. The van der Waals surface area contributed by atoms with Crippen LogP contribution in [0.1, 0.15) is 0 Å². The van der Waals surface area contributed by atoms with Crippen molar-refractivity contribution in [2.75, 3.05) is 0 Å². The van der Waals surface area contributed by atoms with Crippen molar-refractivity contribution in [3.05, 3.63) is 0 Å². The summed E-state index contributed by atoms with van der Waals surface area (Å²) in [5.41, 5.74) is 0. The van der Waals surface area contributed by atoms with Crippen LogP contribution in [0.25, 0.3) is 0 Å². The fraction of sp³-hybridized carbons (Fsp3) is 0. The van der Waals surface area contributed by atoms with Crippen LogP contribution in [0.15, 0.2) is 0 Å². The summed E-state index contributed by atoms with van der Waals surface area (Å²) in [7, 11) is 0. The van der Waals surface area contributed by atoms with Crippen molar-refractivity contribution in [3.63, 3.8) is 0 Å². The SMILES string of the molecule is [Al].[Al].[Cu].[Cu].[Cu]. The zero-order chi connectivity index (χ0) is 0. The van der Waals surface area contributed by atoms with Crippen LogP contribution < -0.4 is 0 Å². The first-order chi connectivity index (χ1) is 0. The molecule has 0 aromatic heterocycles. The summed E-state index contributed by atoms with van der Waals surface area (Å²) in [5, 5.41) is 0. The Labute approximate surface area is 84.9 Å². The molecule has 0 aliphatic heterocycles. The average molecular weight is 245 g/mol. The van der Waals surface area contributed by atoms with E-state index in [-0.39, 0.29) is 85.9 Å². The van der Waals surface area contributed by atoms with Gasteiger partial charge in [0.25, 0.3) is 0 Å². The van der Waals surface area contributed by atoms with Gasteiger partial charge in [0.15, 0.2) is 0 Å². The van der Waals surface area contributed by atoms with Gasteiger partial charge >= 0.3 is 0 Å². The van der Waals surface area contributed by atoms with Gasteiger partial charge in [-0.15, -0.1) is 0 Å². The van der Waals surface area contributed by atoms with E-state index in [9.17, 15) is 0 Å². The Hall–Kier alpha value is 2.62. The van der Waals surface area contributed by atoms with Crippen molar-refractivity contribution >= 4 is 34.7 Å². The van der Waals surface area contributed by atoms with Crippen LogP contribution >= 0.6 is 0 Å². The molecule has 5 heavy (non-hydrogen) atoms. The fourth-order valence-corrected chi connectivity index (χ4v) is 0. The molecule has 0 saturated carbocycles. The van der Waals surface area contributed by atoms with Gasteiger partial charge in [-0.2, -0.15) is 0 Å². The maximum absolute atomic E-state index is 0. The van der Waals surface area contributed by atoms with E-state index in [4.69, 9.17) is 0 Å². The second-order valence-corrected chi connectivity index (χ2v) is 0. The summed E-state index contributed by atoms with van der Waals surface area (Å²) in [5.74, 6) is 0. The molecule has 0 amide bonds. The third kappa shape index (κ3) is 20.6. The van der Waals surface area contributed by atoms with Crippen LogP contribution in [0.2, 0.25) is 0 Å². The Bertz CT molecular complexity index is 4.85. The Morgan fingerprint density at radius 1 is 0.400 bits per heavy atom. The molecular formula is Al2Cu3. The van der Waals surface area contributed by atoms with Gasteiger partial charge in [-0.1, -0.05) is 0 Å². The maximum atomic E-state index is 0. The number of hydrogen-bond acceptors (Lipinski definition) is 0. The summed E-state index contributed by atoms with van der Waals surface area (Å²) in [4.78, 5) is 0. The molecule has 9 radical (unpaired) electrons. The molecule has 0 spiro atoms. The van der Waals surface area contributed by atoms with E-state index in [1.54, 1.807) is 0 Å². The minimum atomic E-state index is 0. The molecule has 0 atom stereocenters. The molecule has 0 fully saturated rings. The van der Waals surface area contributed by atoms with Gasteiger partial charge in [0, 0.05) is 85.9 Å². The smallest absolute Gasteiger partial charge is 0 e. The second kappa shape index (κ2) is 30.4. The minimum Gasteiger partial charge on any atom is 0 e. The van der Waals surface area contributed by atoms with Crippen LogP contribution in [0.3, 0.4) is 0 Å². The Balaban J connectivity index is 0. The van der Waals surface area contributed by atoms with Crippen LogP contribution in [0.5, 0.6) is 0 Å². The number of rotatable bonds is 0. The van der Waals surface area contributed by atoms with Crippen molar-refractivity contribution in [3.8, 4) is 0 Å². The van der Waals surface area contributed by atoms with Gasteiger partial charge in [0.2, 0.25) is 0 Å². The van der Waals surface area contributed by atoms with Crippen molar-refractivity contribution in [2.45, 2.75) is 0 Å². The van der Waals surface area contributed by atoms with Crippen molar-refractivity contribution in [2.24, 2.45) is 0 Å². The molecule has 0 aliphatic carbocycles. The largest absolute Gasteiger partial charge is 0 e. The first kappa shape index (κ1) is 48.6. The molecule has 0 nitrogen and oxygen atoms in total. The molecule has 0 heterocycles. The van der Waals surface area contributed by atoms with E-state index in [1.165, 1.54) is 0 Å². The Morgan fingerprint density at radius 2 is 0.400 bits per heavy atom. The van der Waals surface area contributed by atoms with Crippen LogP contribution in [-0.4, -0.2) is 34.7 Å².